The Hall–Kier alpha value is -1.13. The SMILES string of the molecule is CCCNC1CC(CC)(COC)Oc2ccc(F)cc21. The van der Waals surface area contributed by atoms with Crippen LogP contribution in [0.25, 0.3) is 0 Å². The van der Waals surface area contributed by atoms with Crippen LogP contribution in [0, 0.1) is 5.82 Å². The topological polar surface area (TPSA) is 30.5 Å². The van der Waals surface area contributed by atoms with Gasteiger partial charge >= 0.3 is 0 Å². The molecule has 1 heterocycles. The largest absolute Gasteiger partial charge is 0.484 e. The molecule has 0 radical (unpaired) electrons. The van der Waals surface area contributed by atoms with Gasteiger partial charge in [0.1, 0.15) is 17.2 Å². The van der Waals surface area contributed by atoms with Crippen molar-refractivity contribution in [3.8, 4) is 5.75 Å². The first-order chi connectivity index (χ1) is 9.64. The zero-order valence-electron chi connectivity index (χ0n) is 12.5. The molecule has 112 valence electrons. The van der Waals surface area contributed by atoms with Crippen LogP contribution in [0.3, 0.4) is 0 Å². The maximum atomic E-state index is 13.5. The maximum Gasteiger partial charge on any atom is 0.134 e. The second-order valence-corrected chi connectivity index (χ2v) is 5.46. The number of hydrogen-bond donors (Lipinski definition) is 1. The number of nitrogens with one attached hydrogen (secondary N) is 1. The van der Waals surface area contributed by atoms with Crippen molar-refractivity contribution in [2.45, 2.75) is 44.8 Å². The third-order valence-corrected chi connectivity index (χ3v) is 3.94. The van der Waals surface area contributed by atoms with Crippen molar-refractivity contribution in [1.82, 2.24) is 5.32 Å². The summed E-state index contributed by atoms with van der Waals surface area (Å²) in [5, 5.41) is 3.50. The van der Waals surface area contributed by atoms with Crippen LogP contribution in [0.5, 0.6) is 5.75 Å². The fourth-order valence-corrected chi connectivity index (χ4v) is 2.81. The summed E-state index contributed by atoms with van der Waals surface area (Å²) >= 11 is 0. The molecule has 0 saturated heterocycles. The van der Waals surface area contributed by atoms with Crippen molar-refractivity contribution in [2.75, 3.05) is 20.3 Å². The summed E-state index contributed by atoms with van der Waals surface area (Å²) in [5.41, 5.74) is 0.587. The molecule has 1 aliphatic heterocycles. The number of hydrogen-bond acceptors (Lipinski definition) is 3. The third kappa shape index (κ3) is 3.13. The van der Waals surface area contributed by atoms with Crippen LogP contribution in [0.15, 0.2) is 18.2 Å². The first-order valence-electron chi connectivity index (χ1n) is 7.35. The van der Waals surface area contributed by atoms with Gasteiger partial charge in [0.15, 0.2) is 0 Å². The summed E-state index contributed by atoms with van der Waals surface area (Å²) in [4.78, 5) is 0. The number of halogens is 1. The zero-order chi connectivity index (χ0) is 14.6. The fraction of sp³-hybridized carbons (Fsp3) is 0.625. The smallest absolute Gasteiger partial charge is 0.134 e. The van der Waals surface area contributed by atoms with Gasteiger partial charge in [-0.05, 0) is 37.6 Å². The van der Waals surface area contributed by atoms with E-state index in [1.54, 1.807) is 19.2 Å². The highest BCUT2D eigenvalue weighted by molar-refractivity contribution is 5.39. The number of rotatable bonds is 6. The lowest BCUT2D eigenvalue weighted by Crippen LogP contribution is -2.47. The lowest BCUT2D eigenvalue weighted by Gasteiger charge is -2.41. The number of methoxy groups -OCH3 is 1. The van der Waals surface area contributed by atoms with Gasteiger partial charge in [-0.25, -0.2) is 4.39 Å². The van der Waals surface area contributed by atoms with Gasteiger partial charge in [-0.1, -0.05) is 13.8 Å². The highest BCUT2D eigenvalue weighted by Crippen LogP contribution is 2.41. The van der Waals surface area contributed by atoms with Crippen molar-refractivity contribution in [3.05, 3.63) is 29.6 Å². The minimum atomic E-state index is -0.328. The van der Waals surface area contributed by atoms with Gasteiger partial charge < -0.3 is 14.8 Å². The predicted molar refractivity (Wildman–Crippen MR) is 77.6 cm³/mol. The van der Waals surface area contributed by atoms with E-state index in [0.29, 0.717) is 6.61 Å². The van der Waals surface area contributed by atoms with E-state index >= 15 is 0 Å². The highest BCUT2D eigenvalue weighted by atomic mass is 19.1. The Morgan fingerprint density at radius 1 is 1.45 bits per heavy atom. The van der Waals surface area contributed by atoms with Crippen LogP contribution in [0.2, 0.25) is 0 Å². The lowest BCUT2D eigenvalue weighted by atomic mass is 9.85. The minimum Gasteiger partial charge on any atom is -0.484 e. The van der Waals surface area contributed by atoms with Crippen LogP contribution in [0.1, 0.15) is 44.7 Å². The van der Waals surface area contributed by atoms with E-state index in [1.807, 2.05) is 0 Å². The molecule has 0 aliphatic carbocycles. The molecule has 1 aromatic rings. The van der Waals surface area contributed by atoms with Crippen LogP contribution < -0.4 is 10.1 Å². The average Bonchev–Trinajstić information content (AvgIpc) is 2.45. The fourth-order valence-electron chi connectivity index (χ4n) is 2.81. The molecule has 2 rings (SSSR count). The first-order valence-corrected chi connectivity index (χ1v) is 7.35. The molecule has 0 aromatic heterocycles. The van der Waals surface area contributed by atoms with Gasteiger partial charge in [-0.2, -0.15) is 0 Å². The minimum absolute atomic E-state index is 0.115. The molecule has 1 aliphatic rings. The van der Waals surface area contributed by atoms with E-state index in [2.05, 4.69) is 19.2 Å². The average molecular weight is 281 g/mol. The Morgan fingerprint density at radius 2 is 2.25 bits per heavy atom. The molecular formula is C16H24FNO2. The van der Waals surface area contributed by atoms with Gasteiger partial charge in [0.2, 0.25) is 0 Å². The molecule has 0 saturated carbocycles. The molecule has 20 heavy (non-hydrogen) atoms. The molecule has 4 heteroatoms. The molecular weight excluding hydrogens is 257 g/mol. The quantitative estimate of drug-likeness (QED) is 0.866. The zero-order valence-corrected chi connectivity index (χ0v) is 12.5. The molecule has 1 N–H and O–H groups in total. The van der Waals surface area contributed by atoms with E-state index in [9.17, 15) is 4.39 Å². The number of ether oxygens (including phenoxy) is 2. The molecule has 3 nitrogen and oxygen atoms in total. The van der Waals surface area contributed by atoms with E-state index in [4.69, 9.17) is 9.47 Å². The van der Waals surface area contributed by atoms with Crippen LogP contribution in [-0.4, -0.2) is 25.9 Å². The summed E-state index contributed by atoms with van der Waals surface area (Å²) in [5.74, 6) is 0.552. The summed E-state index contributed by atoms with van der Waals surface area (Å²) in [6, 6.07) is 4.87. The summed E-state index contributed by atoms with van der Waals surface area (Å²) < 4.78 is 25.0. The lowest BCUT2D eigenvalue weighted by molar-refractivity contribution is -0.0371. The molecule has 0 amide bonds. The van der Waals surface area contributed by atoms with Gasteiger partial charge in [-0.15, -0.1) is 0 Å². The van der Waals surface area contributed by atoms with Crippen molar-refractivity contribution in [2.24, 2.45) is 0 Å². The molecule has 0 spiro atoms. The molecule has 1 aromatic carbocycles. The van der Waals surface area contributed by atoms with Gasteiger partial charge in [0.25, 0.3) is 0 Å². The van der Waals surface area contributed by atoms with Crippen molar-refractivity contribution in [3.63, 3.8) is 0 Å². The molecule has 2 unspecified atom stereocenters. The Kier molecular flexibility index (Phi) is 5.00. The molecule has 2 atom stereocenters. The second-order valence-electron chi connectivity index (χ2n) is 5.46. The van der Waals surface area contributed by atoms with Gasteiger partial charge in [0, 0.05) is 25.1 Å². The highest BCUT2D eigenvalue weighted by Gasteiger charge is 2.39. The summed E-state index contributed by atoms with van der Waals surface area (Å²) in [6.45, 7) is 5.68. The molecule has 0 bridgehead atoms. The van der Waals surface area contributed by atoms with E-state index in [-0.39, 0.29) is 17.5 Å². The van der Waals surface area contributed by atoms with Crippen molar-refractivity contribution in [1.29, 1.82) is 0 Å². The Labute approximate surface area is 120 Å². The standard InChI is InChI=1S/C16H24FNO2/c1-4-8-18-14-10-16(5-2,11-19-3)20-15-7-6-12(17)9-13(14)15/h6-7,9,14,18H,4-5,8,10-11H2,1-3H3. The second kappa shape index (κ2) is 6.55. The Bertz CT molecular complexity index is 452. The first kappa shape index (κ1) is 15.3. The monoisotopic (exact) mass is 281 g/mol. The predicted octanol–water partition coefficient (Wildman–Crippen LogP) is 3.44. The van der Waals surface area contributed by atoms with Crippen LogP contribution in [-0.2, 0) is 4.74 Å². The van der Waals surface area contributed by atoms with Crippen LogP contribution >= 0.6 is 0 Å². The van der Waals surface area contributed by atoms with E-state index in [1.165, 1.54) is 6.07 Å². The van der Waals surface area contributed by atoms with Crippen molar-refractivity contribution < 1.29 is 13.9 Å². The molecule has 0 fully saturated rings. The van der Waals surface area contributed by atoms with Crippen molar-refractivity contribution >= 4 is 0 Å². The van der Waals surface area contributed by atoms with E-state index < -0.39 is 0 Å². The number of fused-ring (bicyclic) bond motifs is 1. The normalized spacial score (nSPS) is 25.1. The Balaban J connectivity index is 2.32. The van der Waals surface area contributed by atoms with Gasteiger partial charge in [-0.3, -0.25) is 0 Å². The van der Waals surface area contributed by atoms with Gasteiger partial charge in [0.05, 0.1) is 6.61 Å². The maximum absolute atomic E-state index is 13.5. The van der Waals surface area contributed by atoms with Crippen LogP contribution in [0.4, 0.5) is 4.39 Å². The van der Waals surface area contributed by atoms with E-state index in [0.717, 1.165) is 37.1 Å². The number of benzene rings is 1. The summed E-state index contributed by atoms with van der Waals surface area (Å²) in [6.07, 6.45) is 2.71. The third-order valence-electron chi connectivity index (χ3n) is 3.94. The summed E-state index contributed by atoms with van der Waals surface area (Å²) in [7, 11) is 1.69. The Morgan fingerprint density at radius 3 is 2.90 bits per heavy atom.